The van der Waals surface area contributed by atoms with E-state index >= 15 is 4.39 Å². The van der Waals surface area contributed by atoms with Crippen molar-refractivity contribution in [1.82, 2.24) is 14.3 Å². The van der Waals surface area contributed by atoms with Crippen LogP contribution >= 0.6 is 12.6 Å². The van der Waals surface area contributed by atoms with Crippen molar-refractivity contribution >= 4 is 33.6 Å². The van der Waals surface area contributed by atoms with Gasteiger partial charge in [-0.25, -0.2) is 12.8 Å². The van der Waals surface area contributed by atoms with Crippen molar-refractivity contribution in [2.24, 2.45) is 0 Å². The molecule has 1 aliphatic carbocycles. The molecule has 3 aromatic rings. The Kier molecular flexibility index (Phi) is 6.40. The van der Waals surface area contributed by atoms with Crippen LogP contribution in [0.5, 0.6) is 0 Å². The largest absolute Gasteiger partial charge is 0.416 e. The summed E-state index contributed by atoms with van der Waals surface area (Å²) in [5, 5.41) is 10.4. The van der Waals surface area contributed by atoms with E-state index in [-0.39, 0.29) is 17.3 Å². The smallest absolute Gasteiger partial charge is 0.333 e. The van der Waals surface area contributed by atoms with E-state index in [0.29, 0.717) is 29.1 Å². The molecule has 12 heteroatoms. The van der Waals surface area contributed by atoms with E-state index in [1.165, 1.54) is 10.8 Å². The standard InChI is InChI=1S/C23H22F4N4O2S2/c1-13-7-9-16-17(11-28)20(31(21(16)19(13)24)14-5-3-4-6-14)18-10-8-15(12-29-18)35(32,33)30-22(2,34)23(25,26)27/h7-10,12,14,30,34H,3-6H2,1-2H3. The lowest BCUT2D eigenvalue weighted by atomic mass is 10.1. The lowest BCUT2D eigenvalue weighted by Crippen LogP contribution is -2.52. The number of nitriles is 1. The van der Waals surface area contributed by atoms with Crippen molar-refractivity contribution < 1.29 is 26.0 Å². The van der Waals surface area contributed by atoms with E-state index in [1.54, 1.807) is 23.6 Å². The molecule has 0 radical (unpaired) electrons. The summed E-state index contributed by atoms with van der Waals surface area (Å²) in [6.07, 6.45) is -0.582. The molecule has 1 saturated carbocycles. The van der Waals surface area contributed by atoms with Gasteiger partial charge in [-0.3, -0.25) is 4.98 Å². The number of fused-ring (bicyclic) bond motifs is 1. The first-order chi connectivity index (χ1) is 16.3. The predicted molar refractivity (Wildman–Crippen MR) is 126 cm³/mol. The van der Waals surface area contributed by atoms with Crippen LogP contribution in [0.25, 0.3) is 22.3 Å². The number of hydrogen-bond donors (Lipinski definition) is 2. The van der Waals surface area contributed by atoms with Crippen LogP contribution in [0, 0.1) is 24.1 Å². The van der Waals surface area contributed by atoms with Crippen molar-refractivity contribution in [3.63, 3.8) is 0 Å². The van der Waals surface area contributed by atoms with E-state index in [4.69, 9.17) is 0 Å². The van der Waals surface area contributed by atoms with Gasteiger partial charge in [-0.15, -0.1) is 12.6 Å². The van der Waals surface area contributed by atoms with Gasteiger partial charge in [-0.1, -0.05) is 25.0 Å². The number of nitrogens with zero attached hydrogens (tertiary/aromatic N) is 3. The van der Waals surface area contributed by atoms with Crippen molar-refractivity contribution in [3.05, 3.63) is 47.4 Å². The Bertz CT molecular complexity index is 1430. The Morgan fingerprint density at radius 3 is 2.40 bits per heavy atom. The molecule has 0 bridgehead atoms. The molecule has 2 aromatic heterocycles. The minimum absolute atomic E-state index is 0.0746. The zero-order valence-electron chi connectivity index (χ0n) is 18.8. The molecule has 1 N–H and O–H groups in total. The molecule has 0 saturated heterocycles. The molecule has 1 aromatic carbocycles. The number of rotatable bonds is 5. The van der Waals surface area contributed by atoms with Crippen molar-refractivity contribution in [2.75, 3.05) is 0 Å². The van der Waals surface area contributed by atoms with Gasteiger partial charge in [0, 0.05) is 17.6 Å². The molecule has 35 heavy (non-hydrogen) atoms. The summed E-state index contributed by atoms with van der Waals surface area (Å²) in [5.41, 5.74) is 1.48. The quantitative estimate of drug-likeness (QED) is 0.257. The number of aromatic nitrogens is 2. The molecule has 1 atom stereocenters. The number of benzene rings is 1. The number of sulfonamides is 1. The second-order valence-corrected chi connectivity index (χ2v) is 11.4. The third-order valence-corrected chi connectivity index (χ3v) is 8.33. The van der Waals surface area contributed by atoms with Crippen LogP contribution in [0.4, 0.5) is 17.6 Å². The maximum absolute atomic E-state index is 15.3. The molecule has 4 rings (SSSR count). The van der Waals surface area contributed by atoms with E-state index < -0.39 is 31.8 Å². The third-order valence-electron chi connectivity index (χ3n) is 6.27. The lowest BCUT2D eigenvalue weighted by molar-refractivity contribution is -0.157. The highest BCUT2D eigenvalue weighted by atomic mass is 32.2. The van der Waals surface area contributed by atoms with Crippen molar-refractivity contribution in [2.45, 2.75) is 61.5 Å². The van der Waals surface area contributed by atoms with E-state index in [2.05, 4.69) is 23.7 Å². The Hall–Kier alpha value is -2.62. The van der Waals surface area contributed by atoms with Gasteiger partial charge >= 0.3 is 6.18 Å². The van der Waals surface area contributed by atoms with Crippen LogP contribution in [0.3, 0.4) is 0 Å². The van der Waals surface area contributed by atoms with Gasteiger partial charge < -0.3 is 4.57 Å². The summed E-state index contributed by atoms with van der Waals surface area (Å²) >= 11 is 3.41. The monoisotopic (exact) mass is 526 g/mol. The second-order valence-electron chi connectivity index (χ2n) is 8.79. The molecule has 0 spiro atoms. The van der Waals surface area contributed by atoms with E-state index in [0.717, 1.165) is 37.9 Å². The normalized spacial score (nSPS) is 17.0. The SMILES string of the molecule is Cc1ccc2c(C#N)c(-c3ccc(S(=O)(=O)NC(C)(S)C(F)(F)F)cn3)n(C3CCCC3)c2c1F. The summed E-state index contributed by atoms with van der Waals surface area (Å²) < 4.78 is 83.1. The van der Waals surface area contributed by atoms with Gasteiger partial charge in [0.25, 0.3) is 0 Å². The molecule has 186 valence electrons. The number of alkyl halides is 3. The van der Waals surface area contributed by atoms with Crippen LogP contribution in [0.2, 0.25) is 0 Å². The number of aryl methyl sites for hydroxylation is 1. The Balaban J connectivity index is 1.86. The fourth-order valence-corrected chi connectivity index (χ4v) is 5.97. The number of halogens is 4. The molecule has 1 unspecified atom stereocenters. The first kappa shape index (κ1) is 25.5. The lowest BCUT2D eigenvalue weighted by Gasteiger charge is -2.27. The van der Waals surface area contributed by atoms with Gasteiger partial charge in [0.15, 0.2) is 4.87 Å². The van der Waals surface area contributed by atoms with Crippen LogP contribution < -0.4 is 4.72 Å². The molecule has 1 aliphatic rings. The first-order valence-electron chi connectivity index (χ1n) is 10.8. The van der Waals surface area contributed by atoms with Crippen LogP contribution in [0.15, 0.2) is 35.4 Å². The second kappa shape index (κ2) is 8.80. The highest BCUT2D eigenvalue weighted by Gasteiger charge is 2.51. The maximum Gasteiger partial charge on any atom is 0.416 e. The highest BCUT2D eigenvalue weighted by Crippen LogP contribution is 2.42. The fourth-order valence-electron chi connectivity index (χ4n) is 4.41. The van der Waals surface area contributed by atoms with Gasteiger partial charge in [0.2, 0.25) is 10.0 Å². The number of nitrogens with one attached hydrogen (secondary N) is 1. The van der Waals surface area contributed by atoms with E-state index in [9.17, 15) is 26.9 Å². The van der Waals surface area contributed by atoms with E-state index in [1.807, 2.05) is 0 Å². The van der Waals surface area contributed by atoms with Crippen LogP contribution in [-0.4, -0.2) is 29.0 Å². The van der Waals surface area contributed by atoms with Crippen molar-refractivity contribution in [1.29, 1.82) is 5.26 Å². The minimum Gasteiger partial charge on any atom is -0.333 e. The fraction of sp³-hybridized carbons (Fsp3) is 0.391. The first-order valence-corrected chi connectivity index (χ1v) is 12.7. The summed E-state index contributed by atoms with van der Waals surface area (Å²) in [5.74, 6) is -0.444. The summed E-state index contributed by atoms with van der Waals surface area (Å²) in [7, 11) is -4.62. The number of thiol groups is 1. The van der Waals surface area contributed by atoms with Crippen LogP contribution in [-0.2, 0) is 10.0 Å². The minimum atomic E-state index is -4.94. The predicted octanol–water partition coefficient (Wildman–Crippen LogP) is 5.62. The maximum atomic E-state index is 15.3. The molecule has 1 fully saturated rings. The molecular weight excluding hydrogens is 504 g/mol. The zero-order chi connectivity index (χ0) is 25.8. The summed E-state index contributed by atoms with van der Waals surface area (Å²) in [6.45, 7) is 2.22. The van der Waals surface area contributed by atoms with Gasteiger partial charge in [-0.2, -0.15) is 23.2 Å². The van der Waals surface area contributed by atoms with Crippen LogP contribution in [0.1, 0.15) is 49.8 Å². The topological polar surface area (TPSA) is 87.8 Å². The van der Waals surface area contributed by atoms with Crippen molar-refractivity contribution in [3.8, 4) is 17.5 Å². The average molecular weight is 527 g/mol. The highest BCUT2D eigenvalue weighted by molar-refractivity contribution is 7.91. The molecule has 2 heterocycles. The molecular formula is C23H22F4N4O2S2. The van der Waals surface area contributed by atoms with Gasteiger partial charge in [0.1, 0.15) is 16.8 Å². The molecule has 0 amide bonds. The Labute approximate surface area is 205 Å². The summed E-state index contributed by atoms with van der Waals surface area (Å²) in [6, 6.07) is 7.73. The Morgan fingerprint density at radius 2 is 1.86 bits per heavy atom. The van der Waals surface area contributed by atoms with Gasteiger partial charge in [0.05, 0.1) is 22.5 Å². The zero-order valence-corrected chi connectivity index (χ0v) is 20.5. The Morgan fingerprint density at radius 1 is 1.20 bits per heavy atom. The van der Waals surface area contributed by atoms with Gasteiger partial charge in [-0.05, 0) is 44.4 Å². The molecule has 6 nitrogen and oxygen atoms in total. The number of pyridine rings is 1. The summed E-state index contributed by atoms with van der Waals surface area (Å²) in [4.78, 5) is 0.674. The average Bonchev–Trinajstić information content (AvgIpc) is 3.40. The number of hydrogen-bond acceptors (Lipinski definition) is 5. The molecule has 0 aliphatic heterocycles. The third kappa shape index (κ3) is 4.41.